The first-order valence-corrected chi connectivity index (χ1v) is 9.31. The van der Waals surface area contributed by atoms with Crippen LogP contribution < -0.4 is 4.74 Å². The van der Waals surface area contributed by atoms with Gasteiger partial charge in [-0.15, -0.1) is 0 Å². The van der Waals surface area contributed by atoms with Gasteiger partial charge in [-0.05, 0) is 23.8 Å². The molecule has 0 aliphatic rings. The molecule has 0 saturated heterocycles. The van der Waals surface area contributed by atoms with E-state index in [2.05, 4.69) is 0 Å². The number of carbonyl (C=O) groups is 1. The zero-order chi connectivity index (χ0) is 21.7. The van der Waals surface area contributed by atoms with Crippen molar-refractivity contribution >= 4 is 29.1 Å². The van der Waals surface area contributed by atoms with Gasteiger partial charge in [0.15, 0.2) is 5.75 Å². The van der Waals surface area contributed by atoms with Gasteiger partial charge in [0.2, 0.25) is 0 Å². The number of carboxylic acids is 1. The largest absolute Gasteiger partial charge is 0.482 e. The van der Waals surface area contributed by atoms with E-state index in [0.29, 0.717) is 4.90 Å². The lowest BCUT2D eigenvalue weighted by Crippen LogP contribution is -2.00. The highest BCUT2D eigenvalue weighted by Gasteiger charge is 2.20. The van der Waals surface area contributed by atoms with E-state index in [4.69, 9.17) is 9.84 Å². The Kier molecular flexibility index (Phi) is 6.28. The normalized spacial score (nSPS) is 10.4. The Morgan fingerprint density at radius 1 is 0.933 bits per heavy atom. The molecule has 3 aromatic carbocycles. The molecular formula is C20H14N2O7S. The van der Waals surface area contributed by atoms with Crippen LogP contribution in [-0.4, -0.2) is 20.9 Å². The minimum Gasteiger partial charge on any atom is -0.482 e. The molecule has 0 amide bonds. The van der Waals surface area contributed by atoms with Crippen molar-refractivity contribution in [2.45, 2.75) is 16.4 Å². The van der Waals surface area contributed by atoms with Gasteiger partial charge in [0.25, 0.3) is 5.69 Å². The van der Waals surface area contributed by atoms with Crippen molar-refractivity contribution < 1.29 is 24.5 Å². The minimum absolute atomic E-state index is 0.00546. The number of hydrogen-bond acceptors (Lipinski definition) is 7. The van der Waals surface area contributed by atoms with E-state index in [9.17, 15) is 25.0 Å². The number of ether oxygens (including phenoxy) is 1. The SMILES string of the molecule is O=C(O)c1ccc([N+](=O)[O-])c(Sc2ccc([N+](=O)[O-])c(OCc3ccccc3)c2)c1. The summed E-state index contributed by atoms with van der Waals surface area (Å²) >= 11 is 0.923. The molecule has 152 valence electrons. The zero-order valence-electron chi connectivity index (χ0n) is 15.3. The topological polar surface area (TPSA) is 133 Å². The number of carboxylic acid groups (broad SMARTS) is 1. The monoisotopic (exact) mass is 426 g/mol. The number of benzene rings is 3. The summed E-state index contributed by atoms with van der Waals surface area (Å²) in [4.78, 5) is 33.2. The first kappa shape index (κ1) is 20.8. The number of nitro groups is 2. The fraction of sp³-hybridized carbons (Fsp3) is 0.0500. The molecule has 3 aromatic rings. The molecule has 0 unspecified atom stereocenters. The van der Waals surface area contributed by atoms with Crippen LogP contribution in [0.3, 0.4) is 0 Å². The van der Waals surface area contributed by atoms with Gasteiger partial charge in [-0.25, -0.2) is 4.79 Å². The standard InChI is InChI=1S/C20H14N2O7S/c23-20(24)14-6-8-17(22(27)28)19(10-14)30-15-7-9-16(21(25)26)18(11-15)29-12-13-4-2-1-3-5-13/h1-11H,12H2,(H,23,24). The second-order valence-corrected chi connectivity index (χ2v) is 7.12. The van der Waals surface area contributed by atoms with Gasteiger partial charge in [-0.1, -0.05) is 42.1 Å². The highest BCUT2D eigenvalue weighted by molar-refractivity contribution is 7.99. The molecule has 10 heteroatoms. The van der Waals surface area contributed by atoms with Crippen molar-refractivity contribution in [1.29, 1.82) is 0 Å². The molecule has 0 aliphatic heterocycles. The molecule has 0 aromatic heterocycles. The Morgan fingerprint density at radius 2 is 1.60 bits per heavy atom. The lowest BCUT2D eigenvalue weighted by molar-refractivity contribution is -0.387. The average Bonchev–Trinajstić information content (AvgIpc) is 2.72. The Balaban J connectivity index is 1.93. The third-order valence-corrected chi connectivity index (χ3v) is 5.03. The van der Waals surface area contributed by atoms with Crippen LogP contribution in [0.25, 0.3) is 0 Å². The Labute approximate surface area is 174 Å². The van der Waals surface area contributed by atoms with E-state index < -0.39 is 15.8 Å². The Hall–Kier alpha value is -3.92. The van der Waals surface area contributed by atoms with Crippen molar-refractivity contribution in [3.05, 3.63) is 98.1 Å². The van der Waals surface area contributed by atoms with Gasteiger partial charge in [-0.3, -0.25) is 20.2 Å². The van der Waals surface area contributed by atoms with Crippen LogP contribution in [-0.2, 0) is 6.61 Å². The summed E-state index contributed by atoms with van der Waals surface area (Å²) in [6.45, 7) is 0.102. The van der Waals surface area contributed by atoms with Gasteiger partial charge < -0.3 is 9.84 Å². The fourth-order valence-electron chi connectivity index (χ4n) is 2.57. The van der Waals surface area contributed by atoms with Gasteiger partial charge in [-0.2, -0.15) is 0 Å². The molecule has 9 nitrogen and oxygen atoms in total. The van der Waals surface area contributed by atoms with Crippen LogP contribution in [0.1, 0.15) is 15.9 Å². The number of hydrogen-bond donors (Lipinski definition) is 1. The first-order valence-electron chi connectivity index (χ1n) is 8.50. The van der Waals surface area contributed by atoms with Crippen molar-refractivity contribution in [1.82, 2.24) is 0 Å². The number of nitro benzene ring substituents is 2. The van der Waals surface area contributed by atoms with Crippen molar-refractivity contribution in [3.63, 3.8) is 0 Å². The van der Waals surface area contributed by atoms with E-state index in [-0.39, 0.29) is 34.2 Å². The van der Waals surface area contributed by atoms with Crippen LogP contribution in [0.4, 0.5) is 11.4 Å². The number of rotatable bonds is 8. The summed E-state index contributed by atoms with van der Waals surface area (Å²) in [6.07, 6.45) is 0. The maximum atomic E-state index is 11.3. The summed E-state index contributed by atoms with van der Waals surface area (Å²) in [5.41, 5.74) is 0.194. The maximum absolute atomic E-state index is 11.3. The van der Waals surface area contributed by atoms with E-state index in [1.54, 1.807) is 0 Å². The van der Waals surface area contributed by atoms with E-state index in [1.165, 1.54) is 24.3 Å². The second-order valence-electron chi connectivity index (χ2n) is 6.01. The summed E-state index contributed by atoms with van der Waals surface area (Å²) in [5.74, 6) is -1.21. The van der Waals surface area contributed by atoms with Crippen LogP contribution in [0.2, 0.25) is 0 Å². The first-order chi connectivity index (χ1) is 14.3. The summed E-state index contributed by atoms with van der Waals surface area (Å²) < 4.78 is 5.62. The molecule has 0 saturated carbocycles. The fourth-order valence-corrected chi connectivity index (χ4v) is 3.56. The number of nitrogens with zero attached hydrogens (tertiary/aromatic N) is 2. The number of aromatic carboxylic acids is 1. The molecule has 0 fully saturated rings. The van der Waals surface area contributed by atoms with Crippen LogP contribution in [0, 0.1) is 20.2 Å². The van der Waals surface area contributed by atoms with E-state index in [0.717, 1.165) is 29.5 Å². The third-order valence-electron chi connectivity index (χ3n) is 4.00. The van der Waals surface area contributed by atoms with Crippen molar-refractivity contribution in [3.8, 4) is 5.75 Å². The van der Waals surface area contributed by atoms with Crippen molar-refractivity contribution in [2.75, 3.05) is 0 Å². The molecule has 0 bridgehead atoms. The van der Waals surface area contributed by atoms with Gasteiger partial charge in [0, 0.05) is 23.1 Å². The third kappa shape index (κ3) is 4.92. The molecular weight excluding hydrogens is 412 g/mol. The molecule has 3 rings (SSSR count). The summed E-state index contributed by atoms with van der Waals surface area (Å²) in [7, 11) is 0. The molecule has 30 heavy (non-hydrogen) atoms. The Morgan fingerprint density at radius 3 is 2.23 bits per heavy atom. The van der Waals surface area contributed by atoms with Gasteiger partial charge >= 0.3 is 11.7 Å². The summed E-state index contributed by atoms with van der Waals surface area (Å²) in [5, 5.41) is 31.8. The van der Waals surface area contributed by atoms with Gasteiger partial charge in [0.05, 0.1) is 20.3 Å². The lowest BCUT2D eigenvalue weighted by Gasteiger charge is -2.09. The van der Waals surface area contributed by atoms with E-state index in [1.807, 2.05) is 30.3 Å². The van der Waals surface area contributed by atoms with Crippen LogP contribution in [0.5, 0.6) is 5.75 Å². The molecule has 0 radical (unpaired) electrons. The predicted octanol–water partition coefficient (Wildman–Crippen LogP) is 4.93. The average molecular weight is 426 g/mol. The van der Waals surface area contributed by atoms with Crippen LogP contribution >= 0.6 is 11.8 Å². The summed E-state index contributed by atoms with van der Waals surface area (Å²) in [6, 6.07) is 16.6. The lowest BCUT2D eigenvalue weighted by atomic mass is 10.2. The van der Waals surface area contributed by atoms with Crippen LogP contribution in [0.15, 0.2) is 76.5 Å². The quantitative estimate of drug-likeness (QED) is 0.396. The van der Waals surface area contributed by atoms with Crippen molar-refractivity contribution in [2.24, 2.45) is 0 Å². The maximum Gasteiger partial charge on any atom is 0.335 e. The minimum atomic E-state index is -1.22. The highest BCUT2D eigenvalue weighted by atomic mass is 32.2. The smallest absolute Gasteiger partial charge is 0.335 e. The zero-order valence-corrected chi connectivity index (χ0v) is 16.1. The molecule has 0 heterocycles. The highest BCUT2D eigenvalue weighted by Crippen LogP contribution is 2.39. The molecule has 0 atom stereocenters. The molecule has 0 spiro atoms. The molecule has 1 N–H and O–H groups in total. The van der Waals surface area contributed by atoms with Gasteiger partial charge in [0.1, 0.15) is 6.61 Å². The van der Waals surface area contributed by atoms with E-state index >= 15 is 0 Å². The second kappa shape index (κ2) is 9.05. The molecule has 0 aliphatic carbocycles. The Bertz CT molecular complexity index is 1120. The predicted molar refractivity (Wildman–Crippen MR) is 108 cm³/mol.